The number of aliphatic hydroxyl groups is 2. The third-order valence-electron chi connectivity index (χ3n) is 7.77. The SMILES string of the molecule is CCCCCC/C=C/C(O)C(CO)NC(=O)CCCCCCCCCCCCCCCCCCCCCC. The molecule has 2 unspecified atom stereocenters. The Bertz CT molecular complexity index is 508. The molecule has 0 aromatic rings. The average molecular weight is 538 g/mol. The molecule has 226 valence electrons. The maximum atomic E-state index is 12.2. The summed E-state index contributed by atoms with van der Waals surface area (Å²) in [6.07, 6.45) is 36.0. The lowest BCUT2D eigenvalue weighted by atomic mass is 10.0. The van der Waals surface area contributed by atoms with Crippen LogP contribution < -0.4 is 5.32 Å². The highest BCUT2D eigenvalue weighted by Gasteiger charge is 2.17. The van der Waals surface area contributed by atoms with Gasteiger partial charge in [-0.15, -0.1) is 0 Å². The van der Waals surface area contributed by atoms with Gasteiger partial charge in [0.15, 0.2) is 0 Å². The van der Waals surface area contributed by atoms with Gasteiger partial charge in [-0.3, -0.25) is 4.79 Å². The highest BCUT2D eigenvalue weighted by Crippen LogP contribution is 2.15. The lowest BCUT2D eigenvalue weighted by Gasteiger charge is -2.20. The molecule has 2 atom stereocenters. The minimum Gasteiger partial charge on any atom is -0.394 e. The summed E-state index contributed by atoms with van der Waals surface area (Å²) in [7, 11) is 0. The van der Waals surface area contributed by atoms with E-state index in [1.807, 2.05) is 6.08 Å². The molecule has 3 N–H and O–H groups in total. The van der Waals surface area contributed by atoms with Crippen molar-refractivity contribution in [1.82, 2.24) is 5.32 Å². The molecule has 0 rings (SSSR count). The molecule has 0 saturated carbocycles. The highest BCUT2D eigenvalue weighted by molar-refractivity contribution is 5.76. The third-order valence-corrected chi connectivity index (χ3v) is 7.77. The van der Waals surface area contributed by atoms with Crippen molar-refractivity contribution in [3.8, 4) is 0 Å². The first-order chi connectivity index (χ1) is 18.7. The van der Waals surface area contributed by atoms with Gasteiger partial charge in [-0.25, -0.2) is 0 Å². The third kappa shape index (κ3) is 26.7. The van der Waals surface area contributed by atoms with Crippen molar-refractivity contribution in [2.24, 2.45) is 0 Å². The largest absolute Gasteiger partial charge is 0.394 e. The molecular formula is C34H67NO3. The zero-order chi connectivity index (χ0) is 27.9. The van der Waals surface area contributed by atoms with Crippen LogP contribution in [-0.4, -0.2) is 34.9 Å². The second-order valence-corrected chi connectivity index (χ2v) is 11.6. The molecule has 0 heterocycles. The van der Waals surface area contributed by atoms with Crippen LogP contribution in [0.1, 0.15) is 181 Å². The number of rotatable bonds is 30. The van der Waals surface area contributed by atoms with E-state index < -0.39 is 12.1 Å². The Hall–Kier alpha value is -0.870. The molecule has 4 nitrogen and oxygen atoms in total. The quantitative estimate of drug-likeness (QED) is 0.0631. The predicted molar refractivity (Wildman–Crippen MR) is 166 cm³/mol. The van der Waals surface area contributed by atoms with Crippen LogP contribution in [-0.2, 0) is 4.79 Å². The standard InChI is InChI=1S/C34H67NO3/c1-3-5-7-9-11-12-13-14-15-16-17-18-19-20-21-22-23-24-26-28-30-34(38)35-32(31-36)33(37)29-27-25-10-8-6-4-2/h27,29,32-33,36-37H,3-26,28,30-31H2,1-2H3,(H,35,38)/b29-27+. The summed E-state index contributed by atoms with van der Waals surface area (Å²) in [5, 5.41) is 22.6. The monoisotopic (exact) mass is 538 g/mol. The first kappa shape index (κ1) is 37.1. The lowest BCUT2D eigenvalue weighted by Crippen LogP contribution is -2.45. The highest BCUT2D eigenvalue weighted by atomic mass is 16.3. The maximum absolute atomic E-state index is 12.2. The number of nitrogens with one attached hydrogen (secondary N) is 1. The Balaban J connectivity index is 3.46. The van der Waals surface area contributed by atoms with Gasteiger partial charge in [0, 0.05) is 6.42 Å². The van der Waals surface area contributed by atoms with Crippen molar-refractivity contribution >= 4 is 5.91 Å². The van der Waals surface area contributed by atoms with E-state index in [0.717, 1.165) is 25.7 Å². The second-order valence-electron chi connectivity index (χ2n) is 11.6. The van der Waals surface area contributed by atoms with Crippen molar-refractivity contribution in [3.63, 3.8) is 0 Å². The number of unbranched alkanes of at least 4 members (excludes halogenated alkanes) is 23. The van der Waals surface area contributed by atoms with Crippen molar-refractivity contribution in [3.05, 3.63) is 12.2 Å². The fraction of sp³-hybridized carbons (Fsp3) is 0.912. The molecule has 0 saturated heterocycles. The number of hydrogen-bond acceptors (Lipinski definition) is 3. The number of hydrogen-bond donors (Lipinski definition) is 3. The summed E-state index contributed by atoms with van der Waals surface area (Å²) >= 11 is 0. The fourth-order valence-corrected chi connectivity index (χ4v) is 5.12. The summed E-state index contributed by atoms with van der Waals surface area (Å²) in [5.41, 5.74) is 0. The molecule has 4 heteroatoms. The van der Waals surface area contributed by atoms with E-state index in [1.165, 1.54) is 135 Å². The van der Waals surface area contributed by atoms with Gasteiger partial charge < -0.3 is 15.5 Å². The number of amides is 1. The van der Waals surface area contributed by atoms with Crippen LogP contribution in [0.15, 0.2) is 12.2 Å². The number of carbonyl (C=O) groups is 1. The summed E-state index contributed by atoms with van der Waals surface area (Å²) < 4.78 is 0. The molecule has 0 radical (unpaired) electrons. The van der Waals surface area contributed by atoms with E-state index >= 15 is 0 Å². The first-order valence-electron chi connectivity index (χ1n) is 16.9. The topological polar surface area (TPSA) is 69.6 Å². The Morgan fingerprint density at radius 1 is 0.605 bits per heavy atom. The van der Waals surface area contributed by atoms with E-state index in [2.05, 4.69) is 19.2 Å². The van der Waals surface area contributed by atoms with Gasteiger partial charge in [-0.1, -0.05) is 167 Å². The molecule has 0 aliphatic carbocycles. The maximum Gasteiger partial charge on any atom is 0.220 e. The average Bonchev–Trinajstić information content (AvgIpc) is 2.92. The minimum atomic E-state index is -0.829. The van der Waals surface area contributed by atoms with Gasteiger partial charge in [0.1, 0.15) is 0 Å². The molecule has 0 aliphatic heterocycles. The van der Waals surface area contributed by atoms with E-state index in [4.69, 9.17) is 0 Å². The Kier molecular flexibility index (Phi) is 30.0. The Morgan fingerprint density at radius 3 is 1.37 bits per heavy atom. The molecule has 0 aromatic heterocycles. The van der Waals surface area contributed by atoms with Crippen LogP contribution in [0, 0.1) is 0 Å². The summed E-state index contributed by atoms with van der Waals surface area (Å²) in [4.78, 5) is 12.2. The molecule has 0 aliphatic rings. The summed E-state index contributed by atoms with van der Waals surface area (Å²) in [6, 6.07) is -0.612. The van der Waals surface area contributed by atoms with Crippen LogP contribution >= 0.6 is 0 Å². The Labute approximate surface area is 237 Å². The van der Waals surface area contributed by atoms with Crippen LogP contribution in [0.5, 0.6) is 0 Å². The molecule has 38 heavy (non-hydrogen) atoms. The van der Waals surface area contributed by atoms with Crippen LogP contribution in [0.25, 0.3) is 0 Å². The molecule has 0 fully saturated rings. The van der Waals surface area contributed by atoms with Gasteiger partial charge in [-0.2, -0.15) is 0 Å². The summed E-state index contributed by atoms with van der Waals surface area (Å²) in [6.45, 7) is 4.23. The van der Waals surface area contributed by atoms with Gasteiger partial charge in [-0.05, 0) is 19.3 Å². The normalized spacial score (nSPS) is 13.3. The van der Waals surface area contributed by atoms with Gasteiger partial charge in [0.05, 0.1) is 18.8 Å². The van der Waals surface area contributed by atoms with E-state index in [-0.39, 0.29) is 12.5 Å². The smallest absolute Gasteiger partial charge is 0.220 e. The molecule has 1 amide bonds. The molecule has 0 aromatic carbocycles. The lowest BCUT2D eigenvalue weighted by molar-refractivity contribution is -0.123. The van der Waals surface area contributed by atoms with Crippen molar-refractivity contribution in [2.75, 3.05) is 6.61 Å². The first-order valence-corrected chi connectivity index (χ1v) is 16.9. The fourth-order valence-electron chi connectivity index (χ4n) is 5.12. The van der Waals surface area contributed by atoms with Gasteiger partial charge in [0.2, 0.25) is 5.91 Å². The van der Waals surface area contributed by atoms with Gasteiger partial charge in [0.25, 0.3) is 0 Å². The zero-order valence-electron chi connectivity index (χ0n) is 25.7. The van der Waals surface area contributed by atoms with Gasteiger partial charge >= 0.3 is 0 Å². The van der Waals surface area contributed by atoms with Crippen molar-refractivity contribution in [2.45, 2.75) is 193 Å². The Morgan fingerprint density at radius 2 is 0.974 bits per heavy atom. The molecule has 0 bridgehead atoms. The van der Waals surface area contributed by atoms with E-state index in [9.17, 15) is 15.0 Å². The van der Waals surface area contributed by atoms with E-state index in [1.54, 1.807) is 6.08 Å². The van der Waals surface area contributed by atoms with E-state index in [0.29, 0.717) is 6.42 Å². The van der Waals surface area contributed by atoms with Crippen molar-refractivity contribution < 1.29 is 15.0 Å². The van der Waals surface area contributed by atoms with Crippen LogP contribution in [0.4, 0.5) is 0 Å². The predicted octanol–water partition coefficient (Wildman–Crippen LogP) is 9.56. The number of carbonyl (C=O) groups excluding carboxylic acids is 1. The molecular weight excluding hydrogens is 470 g/mol. The van der Waals surface area contributed by atoms with Crippen molar-refractivity contribution in [1.29, 1.82) is 0 Å². The number of allylic oxidation sites excluding steroid dienone is 1. The molecule has 0 spiro atoms. The minimum absolute atomic E-state index is 0.0677. The number of aliphatic hydroxyl groups excluding tert-OH is 2. The second kappa shape index (κ2) is 30.7. The summed E-state index contributed by atoms with van der Waals surface area (Å²) in [5.74, 6) is -0.0677. The van der Waals surface area contributed by atoms with Crippen LogP contribution in [0.2, 0.25) is 0 Å². The van der Waals surface area contributed by atoms with Crippen LogP contribution in [0.3, 0.4) is 0 Å². The zero-order valence-corrected chi connectivity index (χ0v) is 25.7.